The van der Waals surface area contributed by atoms with E-state index in [-0.39, 0.29) is 6.61 Å². The number of aliphatic hydroxyl groups is 1. The first-order chi connectivity index (χ1) is 5.80. The highest BCUT2D eigenvalue weighted by Gasteiger charge is 2.23. The fourth-order valence-electron chi connectivity index (χ4n) is 1.39. The van der Waals surface area contributed by atoms with E-state index >= 15 is 0 Å². The lowest BCUT2D eigenvalue weighted by Crippen LogP contribution is -2.47. The summed E-state index contributed by atoms with van der Waals surface area (Å²) in [5.74, 6) is 0. The SMILES string of the molecule is CC(C)N(C)C(C)CC(C)(N)CO. The molecule has 0 aromatic carbocycles. The molecule has 0 aromatic heterocycles. The van der Waals surface area contributed by atoms with Crippen LogP contribution in [0, 0.1) is 0 Å². The van der Waals surface area contributed by atoms with Gasteiger partial charge in [0, 0.05) is 17.6 Å². The largest absolute Gasteiger partial charge is 0.394 e. The van der Waals surface area contributed by atoms with Gasteiger partial charge in [0.15, 0.2) is 0 Å². The lowest BCUT2D eigenvalue weighted by Gasteiger charge is -2.33. The molecule has 0 saturated carbocycles. The molecule has 2 unspecified atom stereocenters. The summed E-state index contributed by atoms with van der Waals surface area (Å²) in [6.07, 6.45) is 0.818. The first-order valence-electron chi connectivity index (χ1n) is 4.92. The average Bonchev–Trinajstić information content (AvgIpc) is 2.02. The van der Waals surface area contributed by atoms with Crippen LogP contribution in [0.2, 0.25) is 0 Å². The smallest absolute Gasteiger partial charge is 0.0609 e. The molecule has 3 N–H and O–H groups in total. The molecule has 3 nitrogen and oxygen atoms in total. The topological polar surface area (TPSA) is 49.5 Å². The van der Waals surface area contributed by atoms with Crippen molar-refractivity contribution in [2.45, 2.75) is 51.7 Å². The molecular weight excluding hydrogens is 164 g/mol. The maximum atomic E-state index is 9.02. The molecule has 0 bridgehead atoms. The minimum Gasteiger partial charge on any atom is -0.394 e. The van der Waals surface area contributed by atoms with Gasteiger partial charge in [0.25, 0.3) is 0 Å². The second kappa shape index (κ2) is 4.94. The zero-order valence-electron chi connectivity index (χ0n) is 9.54. The van der Waals surface area contributed by atoms with Crippen LogP contribution in [-0.4, -0.2) is 41.3 Å². The third kappa shape index (κ3) is 4.60. The van der Waals surface area contributed by atoms with Crippen LogP contribution in [0.4, 0.5) is 0 Å². The van der Waals surface area contributed by atoms with E-state index in [2.05, 4.69) is 32.7 Å². The molecule has 0 fully saturated rings. The molecule has 0 amide bonds. The molecule has 0 aliphatic heterocycles. The van der Waals surface area contributed by atoms with Gasteiger partial charge in [0.1, 0.15) is 0 Å². The summed E-state index contributed by atoms with van der Waals surface area (Å²) in [7, 11) is 2.09. The molecule has 13 heavy (non-hydrogen) atoms. The Morgan fingerprint density at radius 2 is 1.85 bits per heavy atom. The number of hydrogen-bond donors (Lipinski definition) is 2. The van der Waals surface area contributed by atoms with Crippen LogP contribution in [0.15, 0.2) is 0 Å². The summed E-state index contributed by atoms with van der Waals surface area (Å²) in [5, 5.41) is 9.02. The van der Waals surface area contributed by atoms with Crippen molar-refractivity contribution in [1.82, 2.24) is 4.90 Å². The molecule has 0 aliphatic rings. The lowest BCUT2D eigenvalue weighted by atomic mass is 9.95. The highest BCUT2D eigenvalue weighted by Crippen LogP contribution is 2.13. The van der Waals surface area contributed by atoms with Crippen molar-refractivity contribution in [3.8, 4) is 0 Å². The number of aliphatic hydroxyl groups excluding tert-OH is 1. The van der Waals surface area contributed by atoms with Gasteiger partial charge in [0.05, 0.1) is 6.61 Å². The summed E-state index contributed by atoms with van der Waals surface area (Å²) in [5.41, 5.74) is 5.42. The van der Waals surface area contributed by atoms with Gasteiger partial charge in [0.2, 0.25) is 0 Å². The second-order valence-electron chi connectivity index (χ2n) is 4.62. The van der Waals surface area contributed by atoms with Gasteiger partial charge in [-0.25, -0.2) is 0 Å². The van der Waals surface area contributed by atoms with Gasteiger partial charge in [-0.1, -0.05) is 0 Å². The molecule has 3 heteroatoms. The van der Waals surface area contributed by atoms with Gasteiger partial charge in [-0.2, -0.15) is 0 Å². The van der Waals surface area contributed by atoms with Crippen LogP contribution >= 0.6 is 0 Å². The number of nitrogens with two attached hydrogens (primary N) is 1. The Bertz CT molecular complexity index is 146. The predicted molar refractivity (Wildman–Crippen MR) is 56.7 cm³/mol. The van der Waals surface area contributed by atoms with E-state index < -0.39 is 5.54 Å². The fraction of sp³-hybridized carbons (Fsp3) is 1.00. The molecule has 0 aliphatic carbocycles. The van der Waals surface area contributed by atoms with E-state index in [1.54, 1.807) is 0 Å². The molecule has 0 spiro atoms. The quantitative estimate of drug-likeness (QED) is 0.671. The second-order valence-corrected chi connectivity index (χ2v) is 4.62. The lowest BCUT2D eigenvalue weighted by molar-refractivity contribution is 0.136. The van der Waals surface area contributed by atoms with Crippen LogP contribution in [0.5, 0.6) is 0 Å². The van der Waals surface area contributed by atoms with Gasteiger partial charge in [-0.05, 0) is 41.2 Å². The molecule has 0 aromatic rings. The Labute approximate surface area is 81.9 Å². The van der Waals surface area contributed by atoms with Crippen molar-refractivity contribution >= 4 is 0 Å². The van der Waals surface area contributed by atoms with Crippen molar-refractivity contribution in [2.24, 2.45) is 5.73 Å². The van der Waals surface area contributed by atoms with E-state index in [4.69, 9.17) is 10.8 Å². The minimum atomic E-state index is -0.456. The molecule has 0 radical (unpaired) electrons. The Morgan fingerprint density at radius 1 is 1.38 bits per heavy atom. The Hall–Kier alpha value is -0.120. The number of hydrogen-bond acceptors (Lipinski definition) is 3. The van der Waals surface area contributed by atoms with E-state index in [0.29, 0.717) is 12.1 Å². The Balaban J connectivity index is 4.06. The van der Waals surface area contributed by atoms with Gasteiger partial charge in [-0.3, -0.25) is 0 Å². The summed E-state index contributed by atoms with van der Waals surface area (Å²) in [6, 6.07) is 0.923. The summed E-state index contributed by atoms with van der Waals surface area (Å²) in [6.45, 7) is 8.38. The summed E-state index contributed by atoms with van der Waals surface area (Å²) >= 11 is 0. The molecule has 2 atom stereocenters. The van der Waals surface area contributed by atoms with Crippen LogP contribution in [0.1, 0.15) is 34.1 Å². The van der Waals surface area contributed by atoms with Crippen LogP contribution in [-0.2, 0) is 0 Å². The van der Waals surface area contributed by atoms with E-state index in [1.165, 1.54) is 0 Å². The minimum absolute atomic E-state index is 0.0449. The normalized spacial score (nSPS) is 19.2. The highest BCUT2D eigenvalue weighted by atomic mass is 16.3. The molecule has 0 saturated heterocycles. The van der Waals surface area contributed by atoms with Gasteiger partial charge in [-0.15, -0.1) is 0 Å². The molecule has 80 valence electrons. The monoisotopic (exact) mass is 188 g/mol. The maximum absolute atomic E-state index is 9.02. The molecule has 0 heterocycles. The summed E-state index contributed by atoms with van der Waals surface area (Å²) < 4.78 is 0. The average molecular weight is 188 g/mol. The van der Waals surface area contributed by atoms with E-state index in [9.17, 15) is 0 Å². The van der Waals surface area contributed by atoms with Gasteiger partial charge < -0.3 is 15.7 Å². The molecule has 0 rings (SSSR count). The Kier molecular flexibility index (Phi) is 4.89. The zero-order chi connectivity index (χ0) is 10.6. The number of nitrogens with zero attached hydrogens (tertiary/aromatic N) is 1. The zero-order valence-corrected chi connectivity index (χ0v) is 9.54. The fourth-order valence-corrected chi connectivity index (χ4v) is 1.39. The summed E-state index contributed by atoms with van der Waals surface area (Å²) in [4.78, 5) is 2.26. The van der Waals surface area contributed by atoms with Crippen molar-refractivity contribution < 1.29 is 5.11 Å². The maximum Gasteiger partial charge on any atom is 0.0609 e. The van der Waals surface area contributed by atoms with E-state index in [0.717, 1.165) is 6.42 Å². The van der Waals surface area contributed by atoms with Crippen LogP contribution in [0.25, 0.3) is 0 Å². The predicted octanol–water partition coefficient (Wildman–Crippen LogP) is 0.815. The Morgan fingerprint density at radius 3 is 2.15 bits per heavy atom. The van der Waals surface area contributed by atoms with Crippen molar-refractivity contribution in [1.29, 1.82) is 0 Å². The highest BCUT2D eigenvalue weighted by molar-refractivity contribution is 4.83. The third-order valence-electron chi connectivity index (χ3n) is 2.63. The van der Waals surface area contributed by atoms with Crippen molar-refractivity contribution in [3.05, 3.63) is 0 Å². The van der Waals surface area contributed by atoms with Crippen molar-refractivity contribution in [2.75, 3.05) is 13.7 Å². The third-order valence-corrected chi connectivity index (χ3v) is 2.63. The van der Waals surface area contributed by atoms with Crippen LogP contribution < -0.4 is 5.73 Å². The van der Waals surface area contributed by atoms with Gasteiger partial charge >= 0.3 is 0 Å². The first-order valence-corrected chi connectivity index (χ1v) is 4.92. The standard InChI is InChI=1S/C10H24N2O/c1-8(2)12(5)9(3)6-10(4,11)7-13/h8-9,13H,6-7,11H2,1-5H3. The first kappa shape index (κ1) is 12.9. The molecular formula is C10H24N2O. The van der Waals surface area contributed by atoms with Crippen molar-refractivity contribution in [3.63, 3.8) is 0 Å². The van der Waals surface area contributed by atoms with E-state index in [1.807, 2.05) is 6.92 Å². The van der Waals surface area contributed by atoms with Crippen LogP contribution in [0.3, 0.4) is 0 Å². The number of rotatable bonds is 5.